The molecule has 0 spiro atoms. The van der Waals surface area contributed by atoms with Gasteiger partial charge in [0, 0.05) is 35.2 Å². The maximum Gasteiger partial charge on any atom is 0.267 e. The molecule has 1 saturated carbocycles. The summed E-state index contributed by atoms with van der Waals surface area (Å²) in [7, 11) is 0. The van der Waals surface area contributed by atoms with Crippen LogP contribution in [0.15, 0.2) is 95.0 Å². The molecular formula is C33H30N4OS. The SMILES string of the molecule is C[C@H]1CCCC[C@@H]1N1C(=O)/C(=C/c2cn(Cc3ccccc3C#N)c3ccccc23)SC1=Nc1ccccc1. The number of rotatable bonds is 5. The van der Waals surface area contributed by atoms with Crippen LogP contribution in [0, 0.1) is 17.2 Å². The van der Waals surface area contributed by atoms with Crippen molar-refractivity contribution in [3.63, 3.8) is 0 Å². The second kappa shape index (κ2) is 11.0. The molecule has 1 aliphatic heterocycles. The number of hydrogen-bond acceptors (Lipinski definition) is 4. The Kier molecular flexibility index (Phi) is 7.08. The van der Waals surface area contributed by atoms with Crippen molar-refractivity contribution in [1.82, 2.24) is 9.47 Å². The van der Waals surface area contributed by atoms with Crippen molar-refractivity contribution < 1.29 is 4.79 Å². The molecule has 1 amide bonds. The number of amides is 1. The fraction of sp³-hybridized carbons (Fsp3) is 0.242. The van der Waals surface area contributed by atoms with E-state index in [1.807, 2.05) is 77.7 Å². The Bertz CT molecular complexity index is 1630. The number of fused-ring (bicyclic) bond motifs is 1. The van der Waals surface area contributed by atoms with E-state index in [4.69, 9.17) is 4.99 Å². The smallest absolute Gasteiger partial charge is 0.267 e. The molecule has 1 saturated heterocycles. The first-order valence-corrected chi connectivity index (χ1v) is 14.4. The van der Waals surface area contributed by atoms with Gasteiger partial charge in [0.1, 0.15) is 0 Å². The third-order valence-electron chi connectivity index (χ3n) is 7.80. The van der Waals surface area contributed by atoms with Crippen LogP contribution in [0.25, 0.3) is 17.0 Å². The van der Waals surface area contributed by atoms with Crippen molar-refractivity contribution in [2.45, 2.75) is 45.2 Å². The highest BCUT2D eigenvalue weighted by Crippen LogP contribution is 2.40. The van der Waals surface area contributed by atoms with Gasteiger partial charge in [0.15, 0.2) is 5.17 Å². The fourth-order valence-electron chi connectivity index (χ4n) is 5.76. The summed E-state index contributed by atoms with van der Waals surface area (Å²) in [6, 6.07) is 28.3. The van der Waals surface area contributed by atoms with Crippen LogP contribution in [0.3, 0.4) is 0 Å². The molecule has 2 heterocycles. The molecule has 1 aliphatic carbocycles. The van der Waals surface area contributed by atoms with Crippen molar-refractivity contribution >= 4 is 45.5 Å². The zero-order valence-corrected chi connectivity index (χ0v) is 22.8. The summed E-state index contributed by atoms with van der Waals surface area (Å²) in [5.41, 5.74) is 4.57. The van der Waals surface area contributed by atoms with E-state index in [1.165, 1.54) is 18.2 Å². The van der Waals surface area contributed by atoms with Gasteiger partial charge in [0.25, 0.3) is 5.91 Å². The molecule has 0 radical (unpaired) electrons. The van der Waals surface area contributed by atoms with Crippen LogP contribution < -0.4 is 0 Å². The number of nitriles is 1. The molecule has 0 unspecified atom stereocenters. The van der Waals surface area contributed by atoms with Crippen LogP contribution in [-0.2, 0) is 11.3 Å². The molecule has 2 atom stereocenters. The van der Waals surface area contributed by atoms with E-state index in [9.17, 15) is 10.1 Å². The first-order valence-electron chi connectivity index (χ1n) is 13.5. The number of carbonyl (C=O) groups is 1. The largest absolute Gasteiger partial charge is 0.342 e. The van der Waals surface area contributed by atoms with Crippen LogP contribution in [0.2, 0.25) is 0 Å². The van der Waals surface area contributed by atoms with E-state index in [-0.39, 0.29) is 11.9 Å². The molecule has 2 aliphatic rings. The third-order valence-corrected chi connectivity index (χ3v) is 8.78. The standard InChI is InChI=1S/C33H30N4OS/c1-23-11-5-9-17-29(23)37-32(38)31(39-33(37)35-27-14-3-2-4-15-27)19-26-22-36(30-18-10-8-16-28(26)30)21-25-13-7-6-12-24(25)20-34/h2-4,6-8,10,12-16,18-19,22-23,29H,5,9,11,17,21H2,1H3/b31-19-,35-33?/t23-,29-/m0/s1. The first-order chi connectivity index (χ1) is 19.1. The summed E-state index contributed by atoms with van der Waals surface area (Å²) in [6.07, 6.45) is 8.62. The van der Waals surface area contributed by atoms with Gasteiger partial charge in [0.2, 0.25) is 0 Å². The van der Waals surface area contributed by atoms with Gasteiger partial charge in [-0.25, -0.2) is 4.99 Å². The molecule has 39 heavy (non-hydrogen) atoms. The molecule has 3 aromatic carbocycles. The highest BCUT2D eigenvalue weighted by Gasteiger charge is 2.41. The minimum Gasteiger partial charge on any atom is -0.342 e. The number of aliphatic imine (C=N–C) groups is 1. The first kappa shape index (κ1) is 25.2. The van der Waals surface area contributed by atoms with E-state index in [0.717, 1.165) is 52.1 Å². The van der Waals surface area contributed by atoms with Crippen LogP contribution in [-0.4, -0.2) is 26.6 Å². The zero-order valence-electron chi connectivity index (χ0n) is 22.0. The Morgan fingerprint density at radius 3 is 2.56 bits per heavy atom. The van der Waals surface area contributed by atoms with Crippen molar-refractivity contribution in [3.05, 3.63) is 107 Å². The Morgan fingerprint density at radius 2 is 1.74 bits per heavy atom. The molecule has 5 nitrogen and oxygen atoms in total. The van der Waals surface area contributed by atoms with Gasteiger partial charge in [-0.3, -0.25) is 9.69 Å². The lowest BCUT2D eigenvalue weighted by molar-refractivity contribution is -0.124. The van der Waals surface area contributed by atoms with E-state index in [1.54, 1.807) is 0 Å². The maximum absolute atomic E-state index is 14.0. The molecule has 6 rings (SSSR count). The average molecular weight is 531 g/mol. The van der Waals surface area contributed by atoms with E-state index >= 15 is 0 Å². The Morgan fingerprint density at radius 1 is 1.00 bits per heavy atom. The predicted molar refractivity (Wildman–Crippen MR) is 160 cm³/mol. The predicted octanol–water partition coefficient (Wildman–Crippen LogP) is 7.74. The van der Waals surface area contributed by atoms with Gasteiger partial charge in [-0.2, -0.15) is 5.26 Å². The number of aromatic nitrogens is 1. The van der Waals surface area contributed by atoms with Crippen LogP contribution in [0.5, 0.6) is 0 Å². The minimum absolute atomic E-state index is 0.0417. The lowest BCUT2D eigenvalue weighted by atomic mass is 9.85. The molecule has 0 N–H and O–H groups in total. The minimum atomic E-state index is 0.0417. The van der Waals surface area contributed by atoms with Crippen LogP contribution >= 0.6 is 11.8 Å². The summed E-state index contributed by atoms with van der Waals surface area (Å²) in [4.78, 5) is 21.6. The molecule has 0 bridgehead atoms. The van der Waals surface area contributed by atoms with Crippen molar-refractivity contribution in [2.24, 2.45) is 10.9 Å². The summed E-state index contributed by atoms with van der Waals surface area (Å²) >= 11 is 1.48. The van der Waals surface area contributed by atoms with Crippen LogP contribution in [0.1, 0.15) is 49.3 Å². The topological polar surface area (TPSA) is 61.4 Å². The highest BCUT2D eigenvalue weighted by atomic mass is 32.2. The van der Waals surface area contributed by atoms with E-state index in [2.05, 4.69) is 35.9 Å². The quantitative estimate of drug-likeness (QED) is 0.248. The van der Waals surface area contributed by atoms with Gasteiger partial charge in [-0.15, -0.1) is 0 Å². The number of amidine groups is 1. The molecule has 6 heteroatoms. The maximum atomic E-state index is 14.0. The van der Waals surface area contributed by atoms with Crippen molar-refractivity contribution in [1.29, 1.82) is 5.26 Å². The highest BCUT2D eigenvalue weighted by molar-refractivity contribution is 8.18. The number of benzene rings is 3. The van der Waals surface area contributed by atoms with Gasteiger partial charge in [-0.05, 0) is 66.4 Å². The molecular weight excluding hydrogens is 500 g/mol. The Labute approximate surface area is 233 Å². The van der Waals surface area contributed by atoms with Crippen molar-refractivity contribution in [2.75, 3.05) is 0 Å². The van der Waals surface area contributed by atoms with Gasteiger partial charge in [0.05, 0.1) is 22.2 Å². The van der Waals surface area contributed by atoms with E-state index < -0.39 is 0 Å². The van der Waals surface area contributed by atoms with Gasteiger partial charge in [-0.1, -0.05) is 74.4 Å². The number of hydrogen-bond donors (Lipinski definition) is 0. The lowest BCUT2D eigenvalue weighted by Crippen LogP contribution is -2.44. The fourth-order valence-corrected chi connectivity index (χ4v) is 6.80. The summed E-state index contributed by atoms with van der Waals surface area (Å²) < 4.78 is 2.17. The van der Waals surface area contributed by atoms with Crippen molar-refractivity contribution in [3.8, 4) is 6.07 Å². The monoisotopic (exact) mass is 530 g/mol. The summed E-state index contributed by atoms with van der Waals surface area (Å²) in [6.45, 7) is 2.84. The van der Waals surface area contributed by atoms with Crippen LogP contribution in [0.4, 0.5) is 5.69 Å². The molecule has 194 valence electrons. The average Bonchev–Trinajstić information content (AvgIpc) is 3.46. The number of nitrogens with zero attached hydrogens (tertiary/aromatic N) is 4. The lowest BCUT2D eigenvalue weighted by Gasteiger charge is -2.35. The zero-order chi connectivity index (χ0) is 26.8. The second-order valence-electron chi connectivity index (χ2n) is 10.3. The van der Waals surface area contributed by atoms with Gasteiger partial charge >= 0.3 is 0 Å². The summed E-state index contributed by atoms with van der Waals surface area (Å²) in [5, 5.41) is 11.4. The normalized spacial score (nSPS) is 21.6. The van der Waals surface area contributed by atoms with Gasteiger partial charge < -0.3 is 4.57 Å². The Balaban J connectivity index is 1.40. The molecule has 4 aromatic rings. The van der Waals surface area contributed by atoms with E-state index in [0.29, 0.717) is 22.9 Å². The second-order valence-corrected chi connectivity index (χ2v) is 11.4. The molecule has 1 aromatic heterocycles. The number of para-hydroxylation sites is 2. The Hall–Kier alpha value is -4.08. The third kappa shape index (κ3) is 5.03. The number of carbonyl (C=O) groups excluding carboxylic acids is 1. The molecule has 2 fully saturated rings. The summed E-state index contributed by atoms with van der Waals surface area (Å²) in [5.74, 6) is 0.478. The number of thioether (sulfide) groups is 1.